The summed E-state index contributed by atoms with van der Waals surface area (Å²) in [6, 6.07) is 8.50. The molecule has 5 rings (SSSR count). The lowest BCUT2D eigenvalue weighted by molar-refractivity contribution is 0.126. The zero-order chi connectivity index (χ0) is 22.8. The summed E-state index contributed by atoms with van der Waals surface area (Å²) in [5, 5.41) is 3.31. The van der Waals surface area contributed by atoms with Crippen molar-refractivity contribution < 1.29 is 9.47 Å². The summed E-state index contributed by atoms with van der Waals surface area (Å²) in [6.45, 7) is 2.15. The number of nitrogens with zero attached hydrogens (tertiary/aromatic N) is 5. The average molecular weight is 473 g/mol. The topological polar surface area (TPSA) is 75.6 Å². The molecule has 3 unspecified atom stereocenters. The molecule has 2 bridgehead atoms. The van der Waals surface area contributed by atoms with Crippen LogP contribution in [0.4, 0.5) is 17.6 Å². The van der Waals surface area contributed by atoms with Crippen LogP contribution in [0.25, 0.3) is 0 Å². The number of halogens is 1. The number of ether oxygens (including phenoxy) is 2. The van der Waals surface area contributed by atoms with Crippen LogP contribution in [-0.2, 0) is 0 Å². The number of anilines is 3. The molecule has 1 aromatic heterocycles. The van der Waals surface area contributed by atoms with E-state index in [9.17, 15) is 0 Å². The minimum Gasteiger partial charge on any atom is -0.478 e. The van der Waals surface area contributed by atoms with Gasteiger partial charge in [0.05, 0.1) is 0 Å². The van der Waals surface area contributed by atoms with Gasteiger partial charge in [0.2, 0.25) is 11.9 Å². The number of nitrogens with one attached hydrogen (secondary N) is 1. The molecule has 2 aliphatic carbocycles. The first-order valence-corrected chi connectivity index (χ1v) is 12.5. The van der Waals surface area contributed by atoms with Crippen molar-refractivity contribution in [2.24, 2.45) is 11.8 Å². The van der Waals surface area contributed by atoms with Gasteiger partial charge in [0, 0.05) is 24.8 Å². The minimum atomic E-state index is 0.0995. The SMILES string of the molecule is CN1CCC(N(C)c2nc(Nc3cccc(OCCl)c3)nc(OC3CC4CCC3C4)n2)CC1. The van der Waals surface area contributed by atoms with E-state index in [1.54, 1.807) is 0 Å². The van der Waals surface area contributed by atoms with E-state index in [-0.39, 0.29) is 12.2 Å². The molecule has 1 saturated heterocycles. The molecule has 3 fully saturated rings. The van der Waals surface area contributed by atoms with Crippen molar-refractivity contribution in [1.82, 2.24) is 19.9 Å². The molecule has 3 aliphatic rings. The van der Waals surface area contributed by atoms with E-state index < -0.39 is 0 Å². The fourth-order valence-electron chi connectivity index (χ4n) is 5.48. The number of hydrogen-bond donors (Lipinski definition) is 1. The lowest BCUT2D eigenvalue weighted by Gasteiger charge is -2.35. The highest BCUT2D eigenvalue weighted by molar-refractivity contribution is 6.17. The molecule has 8 nitrogen and oxygen atoms in total. The highest BCUT2D eigenvalue weighted by Gasteiger charge is 2.41. The van der Waals surface area contributed by atoms with E-state index in [1.165, 1.54) is 19.3 Å². The second-order valence-corrected chi connectivity index (χ2v) is 9.84. The number of piperidine rings is 1. The van der Waals surface area contributed by atoms with Crippen molar-refractivity contribution in [2.75, 3.05) is 43.5 Å². The van der Waals surface area contributed by atoms with E-state index >= 15 is 0 Å². The van der Waals surface area contributed by atoms with E-state index in [0.717, 1.165) is 44.0 Å². The van der Waals surface area contributed by atoms with Gasteiger partial charge in [-0.3, -0.25) is 0 Å². The third-order valence-electron chi connectivity index (χ3n) is 7.40. The molecule has 33 heavy (non-hydrogen) atoms. The van der Waals surface area contributed by atoms with E-state index in [0.29, 0.717) is 35.6 Å². The molecule has 0 radical (unpaired) electrons. The van der Waals surface area contributed by atoms with Crippen LogP contribution < -0.4 is 19.7 Å². The lowest BCUT2D eigenvalue weighted by Crippen LogP contribution is -2.42. The van der Waals surface area contributed by atoms with Crippen LogP contribution >= 0.6 is 11.6 Å². The Morgan fingerprint density at radius 1 is 1.12 bits per heavy atom. The molecule has 1 aliphatic heterocycles. The molecule has 2 aromatic rings. The quantitative estimate of drug-likeness (QED) is 0.570. The first-order valence-electron chi connectivity index (χ1n) is 12.0. The number of benzene rings is 1. The maximum absolute atomic E-state index is 6.37. The smallest absolute Gasteiger partial charge is 0.323 e. The molecule has 1 N–H and O–H groups in total. The first-order chi connectivity index (χ1) is 16.1. The summed E-state index contributed by atoms with van der Waals surface area (Å²) in [5.74, 6) is 3.23. The van der Waals surface area contributed by atoms with Crippen molar-refractivity contribution in [3.8, 4) is 11.8 Å². The number of aromatic nitrogens is 3. The molecular formula is C24H33ClN6O2. The number of alkyl halides is 1. The second kappa shape index (κ2) is 9.89. The fourth-order valence-corrected chi connectivity index (χ4v) is 5.61. The Hall–Kier alpha value is -2.32. The molecule has 0 spiro atoms. The third kappa shape index (κ3) is 5.27. The third-order valence-corrected chi connectivity index (χ3v) is 7.50. The van der Waals surface area contributed by atoms with E-state index in [2.05, 4.69) is 34.2 Å². The first kappa shape index (κ1) is 22.5. The molecule has 2 saturated carbocycles. The molecule has 2 heterocycles. The zero-order valence-electron chi connectivity index (χ0n) is 19.4. The van der Waals surface area contributed by atoms with Crippen LogP contribution in [0.2, 0.25) is 0 Å². The summed E-state index contributed by atoms with van der Waals surface area (Å²) in [4.78, 5) is 18.7. The Morgan fingerprint density at radius 3 is 2.70 bits per heavy atom. The van der Waals surface area contributed by atoms with Crippen LogP contribution in [0.15, 0.2) is 24.3 Å². The summed E-state index contributed by atoms with van der Waals surface area (Å²) >= 11 is 5.71. The Morgan fingerprint density at radius 2 is 1.97 bits per heavy atom. The van der Waals surface area contributed by atoms with Gasteiger partial charge in [-0.25, -0.2) is 0 Å². The van der Waals surface area contributed by atoms with Crippen molar-refractivity contribution in [1.29, 1.82) is 0 Å². The van der Waals surface area contributed by atoms with Crippen LogP contribution in [0.5, 0.6) is 11.8 Å². The lowest BCUT2D eigenvalue weighted by atomic mass is 9.98. The van der Waals surface area contributed by atoms with Crippen molar-refractivity contribution in [3.63, 3.8) is 0 Å². The molecule has 178 valence electrons. The normalized spacial score (nSPS) is 25.2. The maximum atomic E-state index is 6.37. The van der Waals surface area contributed by atoms with Gasteiger partial charge in [-0.1, -0.05) is 17.7 Å². The average Bonchev–Trinajstić information content (AvgIpc) is 3.43. The summed E-state index contributed by atoms with van der Waals surface area (Å²) < 4.78 is 11.8. The largest absolute Gasteiger partial charge is 0.478 e. The molecule has 1 aromatic carbocycles. The van der Waals surface area contributed by atoms with Gasteiger partial charge in [-0.2, -0.15) is 15.0 Å². The predicted molar refractivity (Wildman–Crippen MR) is 130 cm³/mol. The fraction of sp³-hybridized carbons (Fsp3) is 0.625. The van der Waals surface area contributed by atoms with Gasteiger partial charge in [-0.05, 0) is 82.6 Å². The summed E-state index contributed by atoms with van der Waals surface area (Å²) in [7, 11) is 4.25. The van der Waals surface area contributed by atoms with E-state index in [4.69, 9.17) is 31.0 Å². The summed E-state index contributed by atoms with van der Waals surface area (Å²) in [5.41, 5.74) is 0.822. The van der Waals surface area contributed by atoms with Crippen molar-refractivity contribution in [3.05, 3.63) is 24.3 Å². The molecule has 3 atom stereocenters. The second-order valence-electron chi connectivity index (χ2n) is 9.62. The molecule has 9 heteroatoms. The van der Waals surface area contributed by atoms with Gasteiger partial charge in [0.25, 0.3) is 0 Å². The predicted octanol–water partition coefficient (Wildman–Crippen LogP) is 4.29. The minimum absolute atomic E-state index is 0.0995. The number of rotatable bonds is 8. The maximum Gasteiger partial charge on any atom is 0.323 e. The van der Waals surface area contributed by atoms with Crippen molar-refractivity contribution >= 4 is 29.2 Å². The Kier molecular flexibility index (Phi) is 6.74. The van der Waals surface area contributed by atoms with Crippen LogP contribution in [0.3, 0.4) is 0 Å². The van der Waals surface area contributed by atoms with Gasteiger partial charge >= 0.3 is 6.01 Å². The monoisotopic (exact) mass is 472 g/mol. The Labute approximate surface area is 200 Å². The zero-order valence-corrected chi connectivity index (χ0v) is 20.2. The standard InChI is InChI=1S/C24H33ClN6O2/c1-30-10-8-19(9-11-30)31(2)23-27-22(26-18-4-3-5-20(14-18)32-15-25)28-24(29-23)33-21-13-16-6-7-17(21)12-16/h3-5,14,16-17,19,21H,6-13,15H2,1-2H3,(H,26,27,28,29). The number of hydrogen-bond acceptors (Lipinski definition) is 8. The highest BCUT2D eigenvalue weighted by atomic mass is 35.5. The van der Waals surface area contributed by atoms with Gasteiger partial charge in [-0.15, -0.1) is 0 Å². The number of fused-ring (bicyclic) bond motifs is 2. The summed E-state index contributed by atoms with van der Waals surface area (Å²) in [6.07, 6.45) is 7.35. The molecule has 0 amide bonds. The van der Waals surface area contributed by atoms with E-state index in [1.807, 2.05) is 24.3 Å². The van der Waals surface area contributed by atoms with Crippen LogP contribution in [0, 0.1) is 11.8 Å². The Bertz CT molecular complexity index is 954. The highest BCUT2D eigenvalue weighted by Crippen LogP contribution is 2.45. The van der Waals surface area contributed by atoms with Crippen molar-refractivity contribution in [2.45, 2.75) is 50.7 Å². The number of likely N-dealkylation sites (tertiary alicyclic amines) is 1. The van der Waals surface area contributed by atoms with Gasteiger partial charge in [0.1, 0.15) is 11.9 Å². The van der Waals surface area contributed by atoms with Crippen LogP contribution in [-0.4, -0.2) is 65.2 Å². The van der Waals surface area contributed by atoms with Crippen LogP contribution in [0.1, 0.15) is 38.5 Å². The Balaban J connectivity index is 1.39. The van der Waals surface area contributed by atoms with Gasteiger partial charge < -0.3 is 24.6 Å². The van der Waals surface area contributed by atoms with Gasteiger partial charge in [0.15, 0.2) is 6.07 Å². The molecular weight excluding hydrogens is 440 g/mol.